The number of carboxylic acids is 1. The maximum Gasteiger partial charge on any atom is 0.307 e. The molecule has 114 valence electrons. The molecule has 0 bridgehead atoms. The van der Waals surface area contributed by atoms with Crippen LogP contribution in [-0.2, 0) is 9.59 Å². The van der Waals surface area contributed by atoms with E-state index in [-0.39, 0.29) is 11.9 Å². The number of amides is 1. The van der Waals surface area contributed by atoms with Gasteiger partial charge >= 0.3 is 5.97 Å². The van der Waals surface area contributed by atoms with Crippen molar-refractivity contribution in [3.63, 3.8) is 0 Å². The molecule has 0 aromatic heterocycles. The SMILES string of the molecule is CC(c1cccc(Cl)c1)N(C)C(=O)C1CCCC1C(=O)O. The number of carbonyl (C=O) groups excluding carboxylic acids is 1. The van der Waals surface area contributed by atoms with Crippen LogP contribution in [0.1, 0.15) is 37.8 Å². The second-order valence-electron chi connectivity index (χ2n) is 5.66. The average Bonchev–Trinajstić information content (AvgIpc) is 2.94. The maximum absolute atomic E-state index is 12.6. The standard InChI is InChI=1S/C16H20ClNO3/c1-10(11-5-3-6-12(17)9-11)18(2)15(19)13-7-4-8-14(13)16(20)21/h3,5-6,9-10,13-14H,4,7-8H2,1-2H3,(H,20,21). The molecule has 4 nitrogen and oxygen atoms in total. The predicted octanol–water partition coefficient (Wildman–Crippen LogP) is 3.36. The summed E-state index contributed by atoms with van der Waals surface area (Å²) in [7, 11) is 1.73. The van der Waals surface area contributed by atoms with Crippen molar-refractivity contribution in [2.24, 2.45) is 11.8 Å². The van der Waals surface area contributed by atoms with Crippen LogP contribution in [0.25, 0.3) is 0 Å². The van der Waals surface area contributed by atoms with E-state index in [1.165, 1.54) is 0 Å². The number of rotatable bonds is 4. The average molecular weight is 310 g/mol. The molecule has 1 amide bonds. The molecule has 21 heavy (non-hydrogen) atoms. The Morgan fingerprint density at radius 1 is 1.33 bits per heavy atom. The number of carbonyl (C=O) groups is 2. The molecule has 0 saturated heterocycles. The minimum atomic E-state index is -0.866. The Balaban J connectivity index is 2.13. The van der Waals surface area contributed by atoms with Crippen LogP contribution < -0.4 is 0 Å². The zero-order valence-electron chi connectivity index (χ0n) is 12.3. The van der Waals surface area contributed by atoms with Crippen LogP contribution in [0.15, 0.2) is 24.3 Å². The van der Waals surface area contributed by atoms with Crippen molar-refractivity contribution in [2.45, 2.75) is 32.2 Å². The van der Waals surface area contributed by atoms with Crippen LogP contribution in [-0.4, -0.2) is 28.9 Å². The number of benzene rings is 1. The molecule has 0 spiro atoms. The molecule has 1 aliphatic rings. The van der Waals surface area contributed by atoms with E-state index in [4.69, 9.17) is 11.6 Å². The first-order valence-corrected chi connectivity index (χ1v) is 7.54. The van der Waals surface area contributed by atoms with E-state index in [0.717, 1.165) is 12.0 Å². The van der Waals surface area contributed by atoms with Gasteiger partial charge in [0.05, 0.1) is 17.9 Å². The lowest BCUT2D eigenvalue weighted by molar-refractivity contribution is -0.149. The molecule has 1 aromatic carbocycles. The van der Waals surface area contributed by atoms with Gasteiger partial charge in [-0.05, 0) is 37.5 Å². The third-order valence-corrected chi connectivity index (χ3v) is 4.65. The van der Waals surface area contributed by atoms with Gasteiger partial charge in [-0.1, -0.05) is 30.2 Å². The normalized spacial score (nSPS) is 22.8. The predicted molar refractivity (Wildman–Crippen MR) is 81.1 cm³/mol. The Morgan fingerprint density at radius 3 is 2.62 bits per heavy atom. The van der Waals surface area contributed by atoms with Crippen LogP contribution >= 0.6 is 11.6 Å². The van der Waals surface area contributed by atoms with Crippen molar-refractivity contribution in [1.82, 2.24) is 4.90 Å². The Bertz CT molecular complexity index is 546. The molecule has 1 fully saturated rings. The smallest absolute Gasteiger partial charge is 0.307 e. The summed E-state index contributed by atoms with van der Waals surface area (Å²) in [5, 5.41) is 9.85. The van der Waals surface area contributed by atoms with Crippen molar-refractivity contribution in [3.8, 4) is 0 Å². The van der Waals surface area contributed by atoms with Crippen molar-refractivity contribution < 1.29 is 14.7 Å². The minimum Gasteiger partial charge on any atom is -0.481 e. The highest BCUT2D eigenvalue weighted by molar-refractivity contribution is 6.30. The van der Waals surface area contributed by atoms with Gasteiger partial charge in [-0.25, -0.2) is 0 Å². The molecule has 5 heteroatoms. The van der Waals surface area contributed by atoms with E-state index in [2.05, 4.69) is 0 Å². The van der Waals surface area contributed by atoms with Gasteiger partial charge in [-0.2, -0.15) is 0 Å². The van der Waals surface area contributed by atoms with Crippen LogP contribution in [0.4, 0.5) is 0 Å². The first-order chi connectivity index (χ1) is 9.91. The van der Waals surface area contributed by atoms with E-state index in [1.54, 1.807) is 18.0 Å². The molecule has 3 unspecified atom stereocenters. The fraction of sp³-hybridized carbons (Fsp3) is 0.500. The summed E-state index contributed by atoms with van der Waals surface area (Å²) in [5.41, 5.74) is 0.947. The summed E-state index contributed by atoms with van der Waals surface area (Å²) in [6, 6.07) is 7.26. The summed E-state index contributed by atoms with van der Waals surface area (Å²) < 4.78 is 0. The van der Waals surface area contributed by atoms with Gasteiger partial charge in [0.2, 0.25) is 5.91 Å². The van der Waals surface area contributed by atoms with Crippen molar-refractivity contribution in [1.29, 1.82) is 0 Å². The van der Waals surface area contributed by atoms with Gasteiger partial charge in [0.1, 0.15) is 0 Å². The molecule has 1 aromatic rings. The monoisotopic (exact) mass is 309 g/mol. The molecule has 1 saturated carbocycles. The molecule has 0 aliphatic heterocycles. The largest absolute Gasteiger partial charge is 0.481 e. The summed E-state index contributed by atoms with van der Waals surface area (Å²) in [5.74, 6) is -1.91. The van der Waals surface area contributed by atoms with Crippen molar-refractivity contribution in [3.05, 3.63) is 34.9 Å². The van der Waals surface area contributed by atoms with Gasteiger partial charge in [-0.15, -0.1) is 0 Å². The van der Waals surface area contributed by atoms with E-state index in [9.17, 15) is 14.7 Å². The zero-order valence-corrected chi connectivity index (χ0v) is 13.0. The molecule has 3 atom stereocenters. The van der Waals surface area contributed by atoms with Gasteiger partial charge < -0.3 is 10.0 Å². The van der Waals surface area contributed by atoms with Crippen LogP contribution in [0.2, 0.25) is 5.02 Å². The molecular weight excluding hydrogens is 290 g/mol. The van der Waals surface area contributed by atoms with Crippen molar-refractivity contribution in [2.75, 3.05) is 7.05 Å². The molecule has 1 N–H and O–H groups in total. The van der Waals surface area contributed by atoms with Crippen molar-refractivity contribution >= 4 is 23.5 Å². The molecule has 0 heterocycles. The Labute approximate surface area is 129 Å². The van der Waals surface area contributed by atoms with E-state index < -0.39 is 17.8 Å². The molecular formula is C16H20ClNO3. The highest BCUT2D eigenvalue weighted by atomic mass is 35.5. The van der Waals surface area contributed by atoms with E-state index in [1.807, 2.05) is 25.1 Å². The summed E-state index contributed by atoms with van der Waals surface area (Å²) >= 11 is 5.98. The van der Waals surface area contributed by atoms with E-state index >= 15 is 0 Å². The second-order valence-corrected chi connectivity index (χ2v) is 6.10. The maximum atomic E-state index is 12.6. The lowest BCUT2D eigenvalue weighted by atomic mass is 9.94. The quantitative estimate of drug-likeness (QED) is 0.927. The number of halogens is 1. The Morgan fingerprint density at radius 2 is 2.00 bits per heavy atom. The highest BCUT2D eigenvalue weighted by Crippen LogP contribution is 2.35. The lowest BCUT2D eigenvalue weighted by Crippen LogP contribution is -2.38. The third kappa shape index (κ3) is 3.38. The third-order valence-electron chi connectivity index (χ3n) is 4.41. The zero-order chi connectivity index (χ0) is 15.6. The Kier molecular flexibility index (Phi) is 4.88. The fourth-order valence-electron chi connectivity index (χ4n) is 2.99. The number of carboxylic acid groups (broad SMARTS) is 1. The summed E-state index contributed by atoms with van der Waals surface area (Å²) in [6.07, 6.45) is 2.04. The minimum absolute atomic E-state index is 0.0904. The Hall–Kier alpha value is -1.55. The summed E-state index contributed by atoms with van der Waals surface area (Å²) in [4.78, 5) is 25.5. The summed E-state index contributed by atoms with van der Waals surface area (Å²) in [6.45, 7) is 1.92. The number of hydrogen-bond donors (Lipinski definition) is 1. The topological polar surface area (TPSA) is 57.6 Å². The van der Waals surface area contributed by atoms with Crippen LogP contribution in [0, 0.1) is 11.8 Å². The lowest BCUT2D eigenvalue weighted by Gasteiger charge is -2.29. The van der Waals surface area contributed by atoms with Gasteiger partial charge in [0.15, 0.2) is 0 Å². The highest BCUT2D eigenvalue weighted by Gasteiger charge is 2.39. The van der Waals surface area contributed by atoms with Gasteiger partial charge in [-0.3, -0.25) is 9.59 Å². The molecule has 2 rings (SSSR count). The number of nitrogens with zero attached hydrogens (tertiary/aromatic N) is 1. The molecule has 0 radical (unpaired) electrons. The van der Waals surface area contributed by atoms with E-state index in [0.29, 0.717) is 17.9 Å². The first-order valence-electron chi connectivity index (χ1n) is 7.16. The second kappa shape index (κ2) is 6.48. The van der Waals surface area contributed by atoms with Gasteiger partial charge in [0, 0.05) is 12.1 Å². The molecule has 1 aliphatic carbocycles. The van der Waals surface area contributed by atoms with Crippen LogP contribution in [0.3, 0.4) is 0 Å². The fourth-order valence-corrected chi connectivity index (χ4v) is 3.19. The number of hydrogen-bond acceptors (Lipinski definition) is 2. The number of aliphatic carboxylic acids is 1. The van der Waals surface area contributed by atoms with Crippen LogP contribution in [0.5, 0.6) is 0 Å². The van der Waals surface area contributed by atoms with Gasteiger partial charge in [0.25, 0.3) is 0 Å². The first kappa shape index (κ1) is 15.8.